The Hall–Kier alpha value is -0.120. The van der Waals surface area contributed by atoms with Crippen molar-refractivity contribution in [3.63, 3.8) is 0 Å². The van der Waals surface area contributed by atoms with Crippen molar-refractivity contribution in [1.82, 2.24) is 10.6 Å². The van der Waals surface area contributed by atoms with Crippen LogP contribution in [0.5, 0.6) is 0 Å². The van der Waals surface area contributed by atoms with Crippen molar-refractivity contribution in [2.24, 2.45) is 5.92 Å². The van der Waals surface area contributed by atoms with Crippen molar-refractivity contribution in [2.75, 3.05) is 26.7 Å². The van der Waals surface area contributed by atoms with Crippen LogP contribution < -0.4 is 10.6 Å². The van der Waals surface area contributed by atoms with E-state index < -0.39 is 0 Å². The third-order valence-corrected chi connectivity index (χ3v) is 2.93. The molecule has 84 valence electrons. The molecular formula is C11H24N2O. The van der Waals surface area contributed by atoms with Gasteiger partial charge in [-0.15, -0.1) is 0 Å². The maximum absolute atomic E-state index is 5.24. The van der Waals surface area contributed by atoms with Crippen LogP contribution >= 0.6 is 0 Å². The first-order valence-electron chi connectivity index (χ1n) is 5.73. The highest BCUT2D eigenvalue weighted by Crippen LogP contribution is 2.22. The summed E-state index contributed by atoms with van der Waals surface area (Å²) in [6, 6.07) is 0.698. The van der Waals surface area contributed by atoms with Crippen LogP contribution in [0.25, 0.3) is 0 Å². The van der Waals surface area contributed by atoms with Crippen LogP contribution in [-0.4, -0.2) is 38.9 Å². The molecule has 0 radical (unpaired) electrons. The quantitative estimate of drug-likeness (QED) is 0.643. The Balaban J connectivity index is 1.93. The van der Waals surface area contributed by atoms with Gasteiger partial charge in [-0.2, -0.15) is 0 Å². The fourth-order valence-corrected chi connectivity index (χ4v) is 1.76. The fraction of sp³-hybridized carbons (Fsp3) is 1.00. The lowest BCUT2D eigenvalue weighted by Crippen LogP contribution is -2.47. The van der Waals surface area contributed by atoms with E-state index in [9.17, 15) is 0 Å². The zero-order chi connectivity index (χ0) is 10.4. The number of nitrogens with one attached hydrogen (secondary N) is 2. The van der Waals surface area contributed by atoms with Gasteiger partial charge in [-0.05, 0) is 38.4 Å². The summed E-state index contributed by atoms with van der Waals surface area (Å²) in [6.45, 7) is 7.73. The maximum Gasteiger partial charge on any atom is 0.0601 e. The van der Waals surface area contributed by atoms with Crippen LogP contribution in [0.4, 0.5) is 0 Å². The van der Waals surface area contributed by atoms with Gasteiger partial charge >= 0.3 is 0 Å². The first-order chi connectivity index (χ1) is 6.76. The smallest absolute Gasteiger partial charge is 0.0601 e. The van der Waals surface area contributed by atoms with E-state index >= 15 is 0 Å². The van der Waals surface area contributed by atoms with Gasteiger partial charge in [0.05, 0.1) is 6.10 Å². The second-order valence-corrected chi connectivity index (χ2v) is 4.35. The Morgan fingerprint density at radius 1 is 1.36 bits per heavy atom. The minimum atomic E-state index is 0.511. The van der Waals surface area contributed by atoms with Crippen LogP contribution in [0.3, 0.4) is 0 Å². The predicted octanol–water partition coefficient (Wildman–Crippen LogP) is 0.999. The summed E-state index contributed by atoms with van der Waals surface area (Å²) in [6.07, 6.45) is 2.88. The summed E-state index contributed by atoms with van der Waals surface area (Å²) in [7, 11) is 1.80. The number of hydrogen-bond acceptors (Lipinski definition) is 3. The molecule has 1 aliphatic carbocycles. The molecule has 3 nitrogen and oxygen atoms in total. The van der Waals surface area contributed by atoms with Gasteiger partial charge in [0.25, 0.3) is 0 Å². The second-order valence-electron chi connectivity index (χ2n) is 4.35. The topological polar surface area (TPSA) is 33.3 Å². The van der Waals surface area contributed by atoms with Gasteiger partial charge in [0.1, 0.15) is 0 Å². The molecule has 14 heavy (non-hydrogen) atoms. The van der Waals surface area contributed by atoms with Crippen LogP contribution in [0.2, 0.25) is 0 Å². The molecule has 1 fully saturated rings. The zero-order valence-corrected chi connectivity index (χ0v) is 9.68. The van der Waals surface area contributed by atoms with E-state index in [4.69, 9.17) is 4.74 Å². The zero-order valence-electron chi connectivity index (χ0n) is 9.68. The Labute approximate surface area is 87.6 Å². The molecule has 0 heterocycles. The Morgan fingerprint density at radius 3 is 2.64 bits per heavy atom. The van der Waals surface area contributed by atoms with Crippen molar-refractivity contribution >= 4 is 0 Å². The Morgan fingerprint density at radius 2 is 2.07 bits per heavy atom. The van der Waals surface area contributed by atoms with Crippen molar-refractivity contribution in [3.8, 4) is 0 Å². The third kappa shape index (κ3) is 3.95. The van der Waals surface area contributed by atoms with Gasteiger partial charge in [0.2, 0.25) is 0 Å². The monoisotopic (exact) mass is 200 g/mol. The number of ether oxygens (including phenoxy) is 1. The summed E-state index contributed by atoms with van der Waals surface area (Å²) in [4.78, 5) is 0. The first kappa shape index (κ1) is 12.0. The van der Waals surface area contributed by atoms with E-state index in [2.05, 4.69) is 24.5 Å². The molecule has 0 bridgehead atoms. The second kappa shape index (κ2) is 6.38. The van der Waals surface area contributed by atoms with E-state index in [1.54, 1.807) is 7.11 Å². The van der Waals surface area contributed by atoms with Crippen LogP contribution in [-0.2, 0) is 4.74 Å². The average molecular weight is 200 g/mol. The van der Waals surface area contributed by atoms with Crippen LogP contribution in [0, 0.1) is 5.92 Å². The molecule has 0 amide bonds. The molecule has 0 aromatic carbocycles. The van der Waals surface area contributed by atoms with Gasteiger partial charge < -0.3 is 15.4 Å². The highest BCUT2D eigenvalue weighted by atomic mass is 16.5. The molecule has 3 heteroatoms. The summed E-state index contributed by atoms with van der Waals surface area (Å²) < 4.78 is 5.24. The SMILES string of the molecule is CCNCC(C)CNC1CC(OC)C1. The number of hydrogen-bond donors (Lipinski definition) is 2. The molecule has 0 aromatic heterocycles. The molecule has 1 atom stereocenters. The van der Waals surface area contributed by atoms with E-state index in [1.165, 1.54) is 12.8 Å². The normalized spacial score (nSPS) is 28.5. The van der Waals surface area contributed by atoms with E-state index in [0.717, 1.165) is 25.6 Å². The van der Waals surface area contributed by atoms with Gasteiger partial charge in [-0.3, -0.25) is 0 Å². The molecule has 0 aliphatic heterocycles. The average Bonchev–Trinajstić information content (AvgIpc) is 2.12. The highest BCUT2D eigenvalue weighted by Gasteiger charge is 2.28. The Bertz CT molecular complexity index is 141. The van der Waals surface area contributed by atoms with Crippen molar-refractivity contribution in [2.45, 2.75) is 38.8 Å². The highest BCUT2D eigenvalue weighted by molar-refractivity contribution is 4.86. The largest absolute Gasteiger partial charge is 0.381 e. The lowest BCUT2D eigenvalue weighted by molar-refractivity contribution is 0.0166. The van der Waals surface area contributed by atoms with E-state index in [0.29, 0.717) is 12.1 Å². The molecule has 0 spiro atoms. The summed E-state index contributed by atoms with van der Waals surface area (Å²) in [5.74, 6) is 0.719. The number of rotatable bonds is 7. The summed E-state index contributed by atoms with van der Waals surface area (Å²) in [5.41, 5.74) is 0. The molecular weight excluding hydrogens is 176 g/mol. The van der Waals surface area contributed by atoms with Crippen LogP contribution in [0.15, 0.2) is 0 Å². The molecule has 1 unspecified atom stereocenters. The molecule has 1 saturated carbocycles. The van der Waals surface area contributed by atoms with Crippen LogP contribution in [0.1, 0.15) is 26.7 Å². The van der Waals surface area contributed by atoms with Crippen molar-refractivity contribution in [3.05, 3.63) is 0 Å². The van der Waals surface area contributed by atoms with Gasteiger partial charge in [0, 0.05) is 13.2 Å². The summed E-state index contributed by atoms with van der Waals surface area (Å²) >= 11 is 0. The molecule has 0 saturated heterocycles. The third-order valence-electron chi connectivity index (χ3n) is 2.93. The molecule has 1 rings (SSSR count). The maximum atomic E-state index is 5.24. The molecule has 2 N–H and O–H groups in total. The fourth-order valence-electron chi connectivity index (χ4n) is 1.76. The Kier molecular flexibility index (Phi) is 5.45. The van der Waals surface area contributed by atoms with E-state index in [1.807, 2.05) is 0 Å². The van der Waals surface area contributed by atoms with Crippen molar-refractivity contribution < 1.29 is 4.74 Å². The number of methoxy groups -OCH3 is 1. The molecule has 0 aromatic rings. The van der Waals surface area contributed by atoms with E-state index in [-0.39, 0.29) is 0 Å². The minimum absolute atomic E-state index is 0.511. The lowest BCUT2D eigenvalue weighted by Gasteiger charge is -2.35. The lowest BCUT2D eigenvalue weighted by atomic mass is 9.89. The van der Waals surface area contributed by atoms with Gasteiger partial charge in [-0.1, -0.05) is 13.8 Å². The summed E-state index contributed by atoms with van der Waals surface area (Å²) in [5, 5.41) is 6.94. The minimum Gasteiger partial charge on any atom is -0.381 e. The van der Waals surface area contributed by atoms with Gasteiger partial charge in [0.15, 0.2) is 0 Å². The van der Waals surface area contributed by atoms with Gasteiger partial charge in [-0.25, -0.2) is 0 Å². The standard InChI is InChI=1S/C11H24N2O/c1-4-12-7-9(2)8-13-10-5-11(6-10)14-3/h9-13H,4-8H2,1-3H3. The first-order valence-corrected chi connectivity index (χ1v) is 5.73. The predicted molar refractivity (Wildman–Crippen MR) is 59.5 cm³/mol. The van der Waals surface area contributed by atoms with Crippen molar-refractivity contribution in [1.29, 1.82) is 0 Å². The molecule has 1 aliphatic rings.